The maximum Gasteiger partial charge on any atom is 0.252 e. The maximum absolute atomic E-state index is 12.4. The lowest BCUT2D eigenvalue weighted by molar-refractivity contribution is -0.120. The summed E-state index contributed by atoms with van der Waals surface area (Å²) in [5.41, 5.74) is 1.45. The lowest BCUT2D eigenvalue weighted by Gasteiger charge is -2.17. The molecule has 2 N–H and O–H groups in total. The topological polar surface area (TPSA) is 71.3 Å². The SMILES string of the molecule is O=C(CNC(=O)c1ccccc1I)NC(c1ccccc1)c1ccco1. The number of nitrogens with one attached hydrogen (secondary N) is 2. The van der Waals surface area contributed by atoms with Gasteiger partial charge in [-0.25, -0.2) is 0 Å². The summed E-state index contributed by atoms with van der Waals surface area (Å²) in [7, 11) is 0. The molecule has 0 saturated carbocycles. The molecule has 6 heteroatoms. The van der Waals surface area contributed by atoms with Crippen molar-refractivity contribution in [2.45, 2.75) is 6.04 Å². The summed E-state index contributed by atoms with van der Waals surface area (Å²) in [4.78, 5) is 24.6. The molecule has 0 aliphatic carbocycles. The summed E-state index contributed by atoms with van der Waals surface area (Å²) in [6.45, 7) is -0.117. The van der Waals surface area contributed by atoms with E-state index in [1.807, 2.05) is 48.5 Å². The van der Waals surface area contributed by atoms with Gasteiger partial charge in [0.15, 0.2) is 0 Å². The molecule has 0 bridgehead atoms. The molecule has 1 atom stereocenters. The largest absolute Gasteiger partial charge is 0.467 e. The number of carbonyl (C=O) groups excluding carboxylic acids is 2. The molecular formula is C20H17IN2O3. The number of hydrogen-bond acceptors (Lipinski definition) is 3. The Hall–Kier alpha value is -2.61. The van der Waals surface area contributed by atoms with Crippen LogP contribution >= 0.6 is 22.6 Å². The average Bonchev–Trinajstić information content (AvgIpc) is 3.19. The molecule has 0 radical (unpaired) electrons. The van der Waals surface area contributed by atoms with Crippen LogP contribution in [0.5, 0.6) is 0 Å². The van der Waals surface area contributed by atoms with Crippen molar-refractivity contribution in [3.05, 3.63) is 93.5 Å². The summed E-state index contributed by atoms with van der Waals surface area (Å²) in [6.07, 6.45) is 1.57. The molecule has 26 heavy (non-hydrogen) atoms. The van der Waals surface area contributed by atoms with Crippen LogP contribution < -0.4 is 10.6 Å². The second-order valence-corrected chi connectivity index (χ2v) is 6.75. The Morgan fingerprint density at radius 2 is 1.69 bits per heavy atom. The van der Waals surface area contributed by atoms with Crippen molar-refractivity contribution in [1.29, 1.82) is 0 Å². The highest BCUT2D eigenvalue weighted by atomic mass is 127. The Labute approximate surface area is 164 Å². The fraction of sp³-hybridized carbons (Fsp3) is 0.100. The van der Waals surface area contributed by atoms with Crippen LogP contribution in [0.1, 0.15) is 27.7 Å². The molecule has 2 aromatic carbocycles. The molecule has 132 valence electrons. The zero-order valence-corrected chi connectivity index (χ0v) is 16.0. The van der Waals surface area contributed by atoms with Crippen LogP contribution in [0.2, 0.25) is 0 Å². The summed E-state index contributed by atoms with van der Waals surface area (Å²) in [6, 6.07) is 19.9. The van der Waals surface area contributed by atoms with Gasteiger partial charge in [0.1, 0.15) is 11.8 Å². The highest BCUT2D eigenvalue weighted by Gasteiger charge is 2.19. The first kappa shape index (κ1) is 18.2. The summed E-state index contributed by atoms with van der Waals surface area (Å²) in [5.74, 6) is 0.0578. The van der Waals surface area contributed by atoms with Gasteiger partial charge in [-0.15, -0.1) is 0 Å². The first-order chi connectivity index (χ1) is 12.6. The number of furan rings is 1. The van der Waals surface area contributed by atoms with E-state index in [2.05, 4.69) is 33.2 Å². The Kier molecular flexibility index (Phi) is 6.06. The molecule has 5 nitrogen and oxygen atoms in total. The van der Waals surface area contributed by atoms with Gasteiger partial charge < -0.3 is 15.1 Å². The lowest BCUT2D eigenvalue weighted by atomic mass is 10.0. The summed E-state index contributed by atoms with van der Waals surface area (Å²) in [5, 5.41) is 5.56. The number of rotatable bonds is 6. The van der Waals surface area contributed by atoms with Crippen LogP contribution in [0.4, 0.5) is 0 Å². The van der Waals surface area contributed by atoms with E-state index in [4.69, 9.17) is 4.42 Å². The number of carbonyl (C=O) groups is 2. The zero-order valence-electron chi connectivity index (χ0n) is 13.8. The molecule has 0 fully saturated rings. The van der Waals surface area contributed by atoms with E-state index in [-0.39, 0.29) is 18.4 Å². The van der Waals surface area contributed by atoms with Crippen molar-refractivity contribution in [3.8, 4) is 0 Å². The van der Waals surface area contributed by atoms with Gasteiger partial charge >= 0.3 is 0 Å². The highest BCUT2D eigenvalue weighted by Crippen LogP contribution is 2.22. The van der Waals surface area contributed by atoms with Gasteiger partial charge in [-0.1, -0.05) is 42.5 Å². The molecule has 3 rings (SSSR count). The van der Waals surface area contributed by atoms with Gasteiger partial charge in [0.05, 0.1) is 18.4 Å². The Morgan fingerprint density at radius 3 is 2.38 bits per heavy atom. The molecular weight excluding hydrogens is 443 g/mol. The van der Waals surface area contributed by atoms with Crippen LogP contribution in [-0.2, 0) is 4.79 Å². The minimum atomic E-state index is -0.410. The second kappa shape index (κ2) is 8.66. The zero-order chi connectivity index (χ0) is 18.4. The van der Waals surface area contributed by atoms with E-state index in [1.54, 1.807) is 24.5 Å². The predicted molar refractivity (Wildman–Crippen MR) is 107 cm³/mol. The van der Waals surface area contributed by atoms with Crippen LogP contribution in [-0.4, -0.2) is 18.4 Å². The molecule has 1 heterocycles. The van der Waals surface area contributed by atoms with E-state index in [0.29, 0.717) is 11.3 Å². The van der Waals surface area contributed by atoms with Gasteiger partial charge in [-0.05, 0) is 52.4 Å². The second-order valence-electron chi connectivity index (χ2n) is 5.59. The first-order valence-electron chi connectivity index (χ1n) is 8.05. The summed E-state index contributed by atoms with van der Waals surface area (Å²) < 4.78 is 6.29. The third-order valence-corrected chi connectivity index (χ3v) is 4.73. The Morgan fingerprint density at radius 1 is 0.962 bits per heavy atom. The van der Waals surface area contributed by atoms with Crippen molar-refractivity contribution >= 4 is 34.4 Å². The lowest BCUT2D eigenvalue weighted by Crippen LogP contribution is -2.39. The third kappa shape index (κ3) is 4.51. The van der Waals surface area contributed by atoms with Crippen molar-refractivity contribution < 1.29 is 14.0 Å². The van der Waals surface area contributed by atoms with E-state index in [9.17, 15) is 9.59 Å². The van der Waals surface area contributed by atoms with E-state index in [1.165, 1.54) is 0 Å². The number of halogens is 1. The fourth-order valence-electron chi connectivity index (χ4n) is 2.53. The number of benzene rings is 2. The van der Waals surface area contributed by atoms with E-state index < -0.39 is 6.04 Å². The average molecular weight is 460 g/mol. The predicted octanol–water partition coefficient (Wildman–Crippen LogP) is 3.52. The van der Waals surface area contributed by atoms with Gasteiger partial charge in [0.2, 0.25) is 5.91 Å². The van der Waals surface area contributed by atoms with Crippen LogP contribution in [0, 0.1) is 3.57 Å². The molecule has 0 aliphatic heterocycles. The van der Waals surface area contributed by atoms with Crippen molar-refractivity contribution in [3.63, 3.8) is 0 Å². The molecule has 3 aromatic rings. The Balaban J connectivity index is 1.65. The van der Waals surface area contributed by atoms with Gasteiger partial charge in [0.25, 0.3) is 5.91 Å². The normalized spacial score (nSPS) is 11.6. The smallest absolute Gasteiger partial charge is 0.252 e. The monoisotopic (exact) mass is 460 g/mol. The number of amides is 2. The highest BCUT2D eigenvalue weighted by molar-refractivity contribution is 14.1. The first-order valence-corrected chi connectivity index (χ1v) is 9.13. The van der Waals surface area contributed by atoms with Gasteiger partial charge in [0, 0.05) is 3.57 Å². The summed E-state index contributed by atoms with van der Waals surface area (Å²) >= 11 is 2.09. The fourth-order valence-corrected chi connectivity index (χ4v) is 3.17. The van der Waals surface area contributed by atoms with Crippen molar-refractivity contribution in [2.24, 2.45) is 0 Å². The maximum atomic E-state index is 12.4. The molecule has 0 saturated heterocycles. The van der Waals surface area contributed by atoms with Crippen molar-refractivity contribution in [1.82, 2.24) is 10.6 Å². The number of hydrogen-bond donors (Lipinski definition) is 2. The van der Waals surface area contributed by atoms with Crippen LogP contribution in [0.25, 0.3) is 0 Å². The standard InChI is InChI=1S/C20H17IN2O3/c21-16-10-5-4-9-15(16)20(25)22-13-18(24)23-19(17-11-6-12-26-17)14-7-2-1-3-8-14/h1-12,19H,13H2,(H,22,25)(H,23,24). The van der Waals surface area contributed by atoms with E-state index >= 15 is 0 Å². The minimum absolute atomic E-state index is 0.117. The Bertz CT molecular complexity index is 879. The molecule has 1 aromatic heterocycles. The molecule has 1 unspecified atom stereocenters. The third-order valence-electron chi connectivity index (χ3n) is 3.79. The van der Waals surface area contributed by atoms with Crippen molar-refractivity contribution in [2.75, 3.05) is 6.54 Å². The quantitative estimate of drug-likeness (QED) is 0.554. The van der Waals surface area contributed by atoms with Gasteiger partial charge in [-0.3, -0.25) is 9.59 Å². The van der Waals surface area contributed by atoms with Crippen LogP contribution in [0.3, 0.4) is 0 Å². The minimum Gasteiger partial charge on any atom is -0.467 e. The van der Waals surface area contributed by atoms with Crippen LogP contribution in [0.15, 0.2) is 77.4 Å². The van der Waals surface area contributed by atoms with Gasteiger partial charge in [-0.2, -0.15) is 0 Å². The van der Waals surface area contributed by atoms with E-state index in [0.717, 1.165) is 9.13 Å². The molecule has 2 amide bonds. The molecule has 0 spiro atoms. The molecule has 0 aliphatic rings.